The molecule has 1 fully saturated rings. The van der Waals surface area contributed by atoms with Gasteiger partial charge in [0.1, 0.15) is 5.75 Å². The molecular formula is C15H20ClNO3. The Morgan fingerprint density at radius 1 is 1.45 bits per heavy atom. The summed E-state index contributed by atoms with van der Waals surface area (Å²) in [7, 11) is 0. The molecule has 0 bridgehead atoms. The summed E-state index contributed by atoms with van der Waals surface area (Å²) >= 11 is 5.99. The van der Waals surface area contributed by atoms with Crippen molar-refractivity contribution in [3.63, 3.8) is 0 Å². The predicted molar refractivity (Wildman–Crippen MR) is 78.4 cm³/mol. The Balaban J connectivity index is 2.17. The molecule has 1 heterocycles. The van der Waals surface area contributed by atoms with Crippen molar-refractivity contribution in [1.82, 2.24) is 4.90 Å². The topological polar surface area (TPSA) is 49.8 Å². The molecule has 0 aromatic heterocycles. The Morgan fingerprint density at radius 3 is 2.80 bits per heavy atom. The van der Waals surface area contributed by atoms with Crippen LogP contribution >= 0.6 is 11.6 Å². The highest BCUT2D eigenvalue weighted by Crippen LogP contribution is 2.25. The van der Waals surface area contributed by atoms with Crippen molar-refractivity contribution < 1.29 is 14.6 Å². The van der Waals surface area contributed by atoms with E-state index in [1.54, 1.807) is 23.1 Å². The number of carbonyl (C=O) groups is 1. The second-order valence-corrected chi connectivity index (χ2v) is 5.45. The molecule has 1 aliphatic heterocycles. The molecule has 5 heteroatoms. The van der Waals surface area contributed by atoms with Crippen molar-refractivity contribution in [2.75, 3.05) is 19.7 Å². The third-order valence-corrected chi connectivity index (χ3v) is 3.62. The monoisotopic (exact) mass is 297 g/mol. The lowest BCUT2D eigenvalue weighted by atomic mass is 10.1. The molecule has 110 valence electrons. The molecule has 4 nitrogen and oxygen atoms in total. The number of rotatable bonds is 4. The Kier molecular flexibility index (Phi) is 5.26. The molecule has 1 amide bonds. The number of hydrogen-bond acceptors (Lipinski definition) is 3. The number of carbonyl (C=O) groups excluding carboxylic acids is 1. The van der Waals surface area contributed by atoms with E-state index >= 15 is 0 Å². The van der Waals surface area contributed by atoms with Crippen molar-refractivity contribution in [1.29, 1.82) is 0 Å². The molecule has 0 radical (unpaired) electrons. The van der Waals surface area contributed by atoms with Gasteiger partial charge in [-0.15, -0.1) is 0 Å². The van der Waals surface area contributed by atoms with Gasteiger partial charge in [-0.1, -0.05) is 18.5 Å². The molecule has 0 aliphatic carbocycles. The summed E-state index contributed by atoms with van der Waals surface area (Å²) in [4.78, 5) is 14.3. The molecule has 2 rings (SSSR count). The van der Waals surface area contributed by atoms with Gasteiger partial charge in [0.2, 0.25) is 0 Å². The fraction of sp³-hybridized carbons (Fsp3) is 0.533. The van der Waals surface area contributed by atoms with Crippen molar-refractivity contribution >= 4 is 17.5 Å². The zero-order valence-electron chi connectivity index (χ0n) is 11.6. The van der Waals surface area contributed by atoms with Gasteiger partial charge in [0, 0.05) is 18.1 Å². The first-order valence-electron chi connectivity index (χ1n) is 7.01. The fourth-order valence-electron chi connectivity index (χ4n) is 2.25. The molecule has 1 aliphatic rings. The third kappa shape index (κ3) is 3.64. The predicted octanol–water partition coefficient (Wildman–Crippen LogP) is 2.73. The molecule has 1 aromatic carbocycles. The second kappa shape index (κ2) is 6.95. The van der Waals surface area contributed by atoms with Crippen molar-refractivity contribution in [3.05, 3.63) is 28.8 Å². The highest BCUT2D eigenvalue weighted by Gasteiger charge is 2.24. The number of likely N-dealkylation sites (tertiary alicyclic amines) is 1. The number of ether oxygens (including phenoxy) is 1. The zero-order chi connectivity index (χ0) is 14.5. The van der Waals surface area contributed by atoms with Crippen LogP contribution in [0.25, 0.3) is 0 Å². The second-order valence-electron chi connectivity index (χ2n) is 5.01. The number of amides is 1. The highest BCUT2D eigenvalue weighted by atomic mass is 35.5. The van der Waals surface area contributed by atoms with E-state index in [-0.39, 0.29) is 12.0 Å². The molecule has 0 atom stereocenters. The van der Waals surface area contributed by atoms with Gasteiger partial charge in [-0.05, 0) is 37.5 Å². The maximum absolute atomic E-state index is 12.5. The Morgan fingerprint density at radius 2 is 2.15 bits per heavy atom. The molecule has 1 saturated heterocycles. The maximum Gasteiger partial charge on any atom is 0.257 e. The van der Waals surface area contributed by atoms with Gasteiger partial charge >= 0.3 is 0 Å². The maximum atomic E-state index is 12.5. The summed E-state index contributed by atoms with van der Waals surface area (Å²) in [5.41, 5.74) is 0.502. The van der Waals surface area contributed by atoms with Gasteiger partial charge in [0.15, 0.2) is 0 Å². The number of hydrogen-bond donors (Lipinski definition) is 1. The number of piperidine rings is 1. The van der Waals surface area contributed by atoms with E-state index < -0.39 is 0 Å². The van der Waals surface area contributed by atoms with Crippen LogP contribution in [0.4, 0.5) is 0 Å². The first-order chi connectivity index (χ1) is 9.61. The number of aliphatic hydroxyl groups is 1. The SMILES string of the molecule is CCCOc1ccc(Cl)cc1C(=O)N1CCC(O)CC1. The van der Waals surface area contributed by atoms with Gasteiger partial charge in [-0.3, -0.25) is 4.79 Å². The lowest BCUT2D eigenvalue weighted by Gasteiger charge is -2.30. The average Bonchev–Trinajstić information content (AvgIpc) is 2.46. The molecule has 0 spiro atoms. The Labute approximate surface area is 124 Å². The van der Waals surface area contributed by atoms with E-state index in [2.05, 4.69) is 0 Å². The van der Waals surface area contributed by atoms with Crippen LogP contribution in [0, 0.1) is 0 Å². The minimum atomic E-state index is -0.297. The average molecular weight is 298 g/mol. The van der Waals surface area contributed by atoms with Gasteiger partial charge < -0.3 is 14.7 Å². The van der Waals surface area contributed by atoms with Crippen LogP contribution in [0.5, 0.6) is 5.75 Å². The van der Waals surface area contributed by atoms with Gasteiger partial charge in [-0.2, -0.15) is 0 Å². The summed E-state index contributed by atoms with van der Waals surface area (Å²) < 4.78 is 5.62. The van der Waals surface area contributed by atoms with E-state index in [9.17, 15) is 9.90 Å². The minimum Gasteiger partial charge on any atom is -0.493 e. The number of halogens is 1. The number of aliphatic hydroxyl groups excluding tert-OH is 1. The van der Waals surface area contributed by atoms with Crippen LogP contribution in [0.3, 0.4) is 0 Å². The summed E-state index contributed by atoms with van der Waals surface area (Å²) in [6.07, 6.45) is 1.83. The smallest absolute Gasteiger partial charge is 0.257 e. The van der Waals surface area contributed by atoms with E-state index in [0.717, 1.165) is 6.42 Å². The molecule has 0 unspecified atom stereocenters. The molecule has 20 heavy (non-hydrogen) atoms. The highest BCUT2D eigenvalue weighted by molar-refractivity contribution is 6.31. The lowest BCUT2D eigenvalue weighted by Crippen LogP contribution is -2.40. The van der Waals surface area contributed by atoms with Crippen LogP contribution in [0.1, 0.15) is 36.5 Å². The fourth-order valence-corrected chi connectivity index (χ4v) is 2.42. The summed E-state index contributed by atoms with van der Waals surface area (Å²) in [6, 6.07) is 5.12. The normalized spacial score (nSPS) is 16.2. The first-order valence-corrected chi connectivity index (χ1v) is 7.39. The lowest BCUT2D eigenvalue weighted by molar-refractivity contribution is 0.0543. The Bertz CT molecular complexity index is 470. The Hall–Kier alpha value is -1.26. The zero-order valence-corrected chi connectivity index (χ0v) is 12.4. The molecule has 1 N–H and O–H groups in total. The van der Waals surface area contributed by atoms with Crippen LogP contribution in [-0.4, -0.2) is 41.7 Å². The number of benzene rings is 1. The summed E-state index contributed by atoms with van der Waals surface area (Å²) in [5, 5.41) is 10.0. The summed E-state index contributed by atoms with van der Waals surface area (Å²) in [5.74, 6) is 0.498. The van der Waals surface area contributed by atoms with E-state index in [4.69, 9.17) is 16.3 Å². The van der Waals surface area contributed by atoms with Crippen molar-refractivity contribution in [2.24, 2.45) is 0 Å². The van der Waals surface area contributed by atoms with Gasteiger partial charge in [0.05, 0.1) is 18.3 Å². The van der Waals surface area contributed by atoms with Crippen LogP contribution in [-0.2, 0) is 0 Å². The van der Waals surface area contributed by atoms with Crippen LogP contribution in [0.15, 0.2) is 18.2 Å². The van der Waals surface area contributed by atoms with E-state index in [1.165, 1.54) is 0 Å². The van der Waals surface area contributed by atoms with E-state index in [0.29, 0.717) is 48.9 Å². The van der Waals surface area contributed by atoms with Gasteiger partial charge in [-0.25, -0.2) is 0 Å². The van der Waals surface area contributed by atoms with Crippen LogP contribution < -0.4 is 4.74 Å². The van der Waals surface area contributed by atoms with Crippen LogP contribution in [0.2, 0.25) is 5.02 Å². The van der Waals surface area contributed by atoms with Gasteiger partial charge in [0.25, 0.3) is 5.91 Å². The minimum absolute atomic E-state index is 0.0782. The molecule has 0 saturated carbocycles. The van der Waals surface area contributed by atoms with Crippen molar-refractivity contribution in [2.45, 2.75) is 32.3 Å². The largest absolute Gasteiger partial charge is 0.493 e. The number of nitrogens with zero attached hydrogens (tertiary/aromatic N) is 1. The third-order valence-electron chi connectivity index (χ3n) is 3.39. The molecular weight excluding hydrogens is 278 g/mol. The van der Waals surface area contributed by atoms with Crippen molar-refractivity contribution in [3.8, 4) is 5.75 Å². The standard InChI is InChI=1S/C15H20ClNO3/c1-2-9-20-14-4-3-11(16)10-13(14)15(19)17-7-5-12(18)6-8-17/h3-4,10,12,18H,2,5-9H2,1H3. The quantitative estimate of drug-likeness (QED) is 0.929. The van der Waals surface area contributed by atoms with E-state index in [1.807, 2.05) is 6.92 Å². The summed E-state index contributed by atoms with van der Waals surface area (Å²) in [6.45, 7) is 3.73. The first kappa shape index (κ1) is 15.1. The molecule has 1 aromatic rings.